The van der Waals surface area contributed by atoms with Crippen molar-refractivity contribution in [1.29, 1.82) is 0 Å². The topological polar surface area (TPSA) is 50.4 Å². The summed E-state index contributed by atoms with van der Waals surface area (Å²) in [5.41, 5.74) is 2.21. The Hall–Kier alpha value is -0.750. The summed E-state index contributed by atoms with van der Waals surface area (Å²) in [6, 6.07) is 8.30. The van der Waals surface area contributed by atoms with E-state index in [-0.39, 0.29) is 18.3 Å². The number of carbonyl (C=O) groups excluding carboxylic acids is 1. The maximum atomic E-state index is 12.2. The lowest BCUT2D eigenvalue weighted by Gasteiger charge is -2.22. The van der Waals surface area contributed by atoms with Crippen LogP contribution in [0.3, 0.4) is 0 Å². The largest absolute Gasteiger partial charge is 0.381 e. The number of ether oxygens (including phenoxy) is 1. The van der Waals surface area contributed by atoms with Gasteiger partial charge in [-0.2, -0.15) is 11.8 Å². The number of thioether (sulfide) groups is 1. The number of anilines is 1. The third kappa shape index (κ3) is 7.18. The standard InChI is InChI=1S/C19H28N2O2S.ClH/c22-19(13-15-4-8-20-9-5-15)21-17-3-1-2-16(12-17)14-24-18-6-10-23-11-7-18;/h1-3,12,15,18,20H,4-11,13-14H2,(H,21,22);1H. The highest BCUT2D eigenvalue weighted by molar-refractivity contribution is 7.99. The molecule has 0 radical (unpaired) electrons. The number of benzene rings is 1. The number of hydrogen-bond acceptors (Lipinski definition) is 4. The molecule has 0 aromatic heterocycles. The van der Waals surface area contributed by atoms with Gasteiger partial charge in [-0.25, -0.2) is 0 Å². The van der Waals surface area contributed by atoms with Gasteiger partial charge in [-0.3, -0.25) is 4.79 Å². The molecule has 0 atom stereocenters. The second-order valence-corrected chi connectivity index (χ2v) is 8.06. The molecule has 1 amide bonds. The summed E-state index contributed by atoms with van der Waals surface area (Å²) in [5.74, 6) is 1.68. The smallest absolute Gasteiger partial charge is 0.224 e. The highest BCUT2D eigenvalue weighted by atomic mass is 35.5. The summed E-state index contributed by atoms with van der Waals surface area (Å²) in [7, 11) is 0. The van der Waals surface area contributed by atoms with Crippen LogP contribution in [0.25, 0.3) is 0 Å². The summed E-state index contributed by atoms with van der Waals surface area (Å²) >= 11 is 2.01. The number of halogens is 1. The molecule has 25 heavy (non-hydrogen) atoms. The van der Waals surface area contributed by atoms with Gasteiger partial charge in [0.05, 0.1) is 0 Å². The molecule has 0 saturated carbocycles. The van der Waals surface area contributed by atoms with E-state index in [4.69, 9.17) is 4.74 Å². The number of hydrogen-bond donors (Lipinski definition) is 2. The third-order valence-corrected chi connectivity index (χ3v) is 6.24. The Morgan fingerprint density at radius 2 is 1.96 bits per heavy atom. The normalized spacial score (nSPS) is 19.2. The Labute approximate surface area is 161 Å². The van der Waals surface area contributed by atoms with Gasteiger partial charge in [0.15, 0.2) is 0 Å². The van der Waals surface area contributed by atoms with Crippen molar-refractivity contribution < 1.29 is 9.53 Å². The molecule has 0 unspecified atom stereocenters. The van der Waals surface area contributed by atoms with E-state index in [0.29, 0.717) is 17.6 Å². The van der Waals surface area contributed by atoms with Crippen molar-refractivity contribution in [2.24, 2.45) is 5.92 Å². The molecule has 2 N–H and O–H groups in total. The van der Waals surface area contributed by atoms with E-state index in [1.807, 2.05) is 23.9 Å². The lowest BCUT2D eigenvalue weighted by Crippen LogP contribution is -2.30. The maximum absolute atomic E-state index is 12.2. The molecular formula is C19H29ClN2O2S. The van der Waals surface area contributed by atoms with Gasteiger partial charge in [0.2, 0.25) is 5.91 Å². The fourth-order valence-electron chi connectivity index (χ4n) is 3.36. The Kier molecular flexibility index (Phi) is 9.10. The lowest BCUT2D eigenvalue weighted by atomic mass is 9.94. The van der Waals surface area contributed by atoms with Crippen molar-refractivity contribution in [2.45, 2.75) is 43.1 Å². The molecule has 3 rings (SSSR count). The van der Waals surface area contributed by atoms with E-state index in [0.717, 1.165) is 63.4 Å². The molecule has 6 heteroatoms. The number of rotatable bonds is 6. The van der Waals surface area contributed by atoms with Gasteiger partial charge >= 0.3 is 0 Å². The van der Waals surface area contributed by atoms with E-state index in [9.17, 15) is 4.79 Å². The molecular weight excluding hydrogens is 356 g/mol. The van der Waals surface area contributed by atoms with Crippen molar-refractivity contribution >= 4 is 35.8 Å². The molecule has 2 fully saturated rings. The zero-order chi connectivity index (χ0) is 16.6. The van der Waals surface area contributed by atoms with E-state index in [1.165, 1.54) is 5.56 Å². The van der Waals surface area contributed by atoms with Crippen molar-refractivity contribution in [2.75, 3.05) is 31.6 Å². The van der Waals surface area contributed by atoms with Crippen molar-refractivity contribution in [3.05, 3.63) is 29.8 Å². The number of piperidine rings is 1. The van der Waals surface area contributed by atoms with Gasteiger partial charge in [-0.05, 0) is 62.4 Å². The lowest BCUT2D eigenvalue weighted by molar-refractivity contribution is -0.117. The van der Waals surface area contributed by atoms with E-state index in [1.54, 1.807) is 0 Å². The van der Waals surface area contributed by atoms with Crippen molar-refractivity contribution in [3.8, 4) is 0 Å². The van der Waals surface area contributed by atoms with Crippen LogP contribution in [0, 0.1) is 5.92 Å². The van der Waals surface area contributed by atoms with Gasteiger partial charge in [0, 0.05) is 36.3 Å². The van der Waals surface area contributed by atoms with Gasteiger partial charge in [0.1, 0.15) is 0 Å². The predicted octanol–water partition coefficient (Wildman–Crippen LogP) is 3.85. The Morgan fingerprint density at radius 3 is 2.72 bits per heavy atom. The highest BCUT2D eigenvalue weighted by Gasteiger charge is 2.17. The predicted molar refractivity (Wildman–Crippen MR) is 108 cm³/mol. The fourth-order valence-corrected chi connectivity index (χ4v) is 4.49. The molecule has 0 spiro atoms. The Morgan fingerprint density at radius 1 is 1.20 bits per heavy atom. The van der Waals surface area contributed by atoms with Gasteiger partial charge in [0.25, 0.3) is 0 Å². The average molecular weight is 385 g/mol. The minimum Gasteiger partial charge on any atom is -0.381 e. The van der Waals surface area contributed by atoms with Gasteiger partial charge in [-0.1, -0.05) is 12.1 Å². The summed E-state index contributed by atoms with van der Waals surface area (Å²) in [6.45, 7) is 3.86. The molecule has 2 heterocycles. The molecule has 2 saturated heterocycles. The monoisotopic (exact) mass is 384 g/mol. The molecule has 4 nitrogen and oxygen atoms in total. The third-order valence-electron chi connectivity index (χ3n) is 4.80. The van der Waals surface area contributed by atoms with Crippen LogP contribution in [0.4, 0.5) is 5.69 Å². The fraction of sp³-hybridized carbons (Fsp3) is 0.632. The van der Waals surface area contributed by atoms with Crippen molar-refractivity contribution in [1.82, 2.24) is 5.32 Å². The van der Waals surface area contributed by atoms with Gasteiger partial charge in [-0.15, -0.1) is 12.4 Å². The highest BCUT2D eigenvalue weighted by Crippen LogP contribution is 2.26. The number of nitrogens with one attached hydrogen (secondary N) is 2. The number of amides is 1. The van der Waals surface area contributed by atoms with E-state index < -0.39 is 0 Å². The second kappa shape index (κ2) is 11.1. The quantitative estimate of drug-likeness (QED) is 0.782. The van der Waals surface area contributed by atoms with E-state index in [2.05, 4.69) is 22.8 Å². The van der Waals surface area contributed by atoms with Crippen molar-refractivity contribution in [3.63, 3.8) is 0 Å². The first-order valence-corrected chi connectivity index (χ1v) is 10.1. The first-order chi connectivity index (χ1) is 11.8. The first kappa shape index (κ1) is 20.6. The molecule has 140 valence electrons. The van der Waals surface area contributed by atoms with Gasteiger partial charge < -0.3 is 15.4 Å². The summed E-state index contributed by atoms with van der Waals surface area (Å²) < 4.78 is 5.41. The maximum Gasteiger partial charge on any atom is 0.224 e. The van der Waals surface area contributed by atoms with Crippen LogP contribution in [0.1, 0.15) is 37.7 Å². The zero-order valence-corrected chi connectivity index (χ0v) is 16.3. The van der Waals surface area contributed by atoms with Crippen LogP contribution >= 0.6 is 24.2 Å². The van der Waals surface area contributed by atoms with Crippen LogP contribution in [-0.4, -0.2) is 37.5 Å². The zero-order valence-electron chi connectivity index (χ0n) is 14.7. The summed E-state index contributed by atoms with van der Waals surface area (Å²) in [6.07, 6.45) is 5.15. The summed E-state index contributed by atoms with van der Waals surface area (Å²) in [4.78, 5) is 12.2. The SMILES string of the molecule is Cl.O=C(CC1CCNCC1)Nc1cccc(CSC2CCOCC2)c1. The minimum atomic E-state index is 0. The molecule has 0 bridgehead atoms. The Bertz CT molecular complexity index is 532. The molecule has 1 aromatic rings. The first-order valence-electron chi connectivity index (χ1n) is 9.08. The molecule has 2 aliphatic heterocycles. The van der Waals surface area contributed by atoms with Crippen LogP contribution in [0.2, 0.25) is 0 Å². The molecule has 2 aliphatic rings. The van der Waals surface area contributed by atoms with E-state index >= 15 is 0 Å². The average Bonchev–Trinajstić information content (AvgIpc) is 2.62. The van der Waals surface area contributed by atoms with Crippen LogP contribution in [-0.2, 0) is 15.3 Å². The number of carbonyl (C=O) groups is 1. The molecule has 0 aliphatic carbocycles. The Balaban J connectivity index is 0.00000225. The second-order valence-electron chi connectivity index (χ2n) is 6.77. The molecule has 1 aromatic carbocycles. The summed E-state index contributed by atoms with van der Waals surface area (Å²) in [5, 5.41) is 7.13. The van der Waals surface area contributed by atoms with Crippen LogP contribution in [0.5, 0.6) is 0 Å². The van der Waals surface area contributed by atoms with Crippen LogP contribution in [0.15, 0.2) is 24.3 Å². The minimum absolute atomic E-state index is 0. The van der Waals surface area contributed by atoms with Crippen LogP contribution < -0.4 is 10.6 Å².